The van der Waals surface area contributed by atoms with E-state index in [4.69, 9.17) is 0 Å². The van der Waals surface area contributed by atoms with E-state index in [1.165, 1.54) is 11.1 Å². The number of nitrogens with zero attached hydrogens (tertiary/aromatic N) is 3. The second-order valence-electron chi connectivity index (χ2n) is 6.24. The van der Waals surface area contributed by atoms with Crippen molar-refractivity contribution < 1.29 is 9.59 Å². The Morgan fingerprint density at radius 2 is 1.92 bits per heavy atom. The molecule has 2 amide bonds. The molecular weight excluding hydrogens is 316 g/mol. The Labute approximate surface area is 147 Å². The van der Waals surface area contributed by atoms with Crippen LogP contribution in [0.4, 0.5) is 11.4 Å². The highest BCUT2D eigenvalue weighted by atomic mass is 16.2. The summed E-state index contributed by atoms with van der Waals surface area (Å²) in [7, 11) is 0. The fourth-order valence-electron chi connectivity index (χ4n) is 2.86. The van der Waals surface area contributed by atoms with Gasteiger partial charge < -0.3 is 15.1 Å². The molecule has 3 rings (SSSR count). The van der Waals surface area contributed by atoms with Crippen LogP contribution in [0.1, 0.15) is 21.6 Å². The van der Waals surface area contributed by atoms with Gasteiger partial charge in [-0.1, -0.05) is 12.1 Å². The van der Waals surface area contributed by atoms with Gasteiger partial charge in [0, 0.05) is 43.8 Å². The van der Waals surface area contributed by atoms with Crippen molar-refractivity contribution in [2.24, 2.45) is 0 Å². The van der Waals surface area contributed by atoms with E-state index in [1.807, 2.05) is 18.2 Å². The number of pyridine rings is 1. The Morgan fingerprint density at radius 3 is 2.64 bits per heavy atom. The summed E-state index contributed by atoms with van der Waals surface area (Å²) in [5, 5.41) is 3.36. The maximum Gasteiger partial charge on any atom is 0.272 e. The van der Waals surface area contributed by atoms with Crippen LogP contribution in [0.25, 0.3) is 0 Å². The molecule has 1 aliphatic heterocycles. The van der Waals surface area contributed by atoms with E-state index in [0.29, 0.717) is 31.9 Å². The molecule has 0 bridgehead atoms. The van der Waals surface area contributed by atoms with Crippen molar-refractivity contribution in [3.8, 4) is 0 Å². The lowest BCUT2D eigenvalue weighted by Crippen LogP contribution is -2.48. The number of carbonyl (C=O) groups is 2. The van der Waals surface area contributed by atoms with Crippen LogP contribution < -0.4 is 5.32 Å². The first-order valence-corrected chi connectivity index (χ1v) is 8.36. The SMILES string of the molecule is Cc1cccc(Nc2ccnc(C(=O)N3CCN(C=O)CC3)c2)c1C. The van der Waals surface area contributed by atoms with Crippen molar-refractivity contribution in [2.45, 2.75) is 13.8 Å². The van der Waals surface area contributed by atoms with Gasteiger partial charge in [0.2, 0.25) is 6.41 Å². The van der Waals surface area contributed by atoms with E-state index >= 15 is 0 Å². The van der Waals surface area contributed by atoms with E-state index < -0.39 is 0 Å². The van der Waals surface area contributed by atoms with Crippen LogP contribution in [0.5, 0.6) is 0 Å². The minimum absolute atomic E-state index is 0.102. The van der Waals surface area contributed by atoms with Crippen molar-refractivity contribution in [3.63, 3.8) is 0 Å². The number of hydrogen-bond donors (Lipinski definition) is 1. The van der Waals surface area contributed by atoms with E-state index in [2.05, 4.69) is 30.2 Å². The van der Waals surface area contributed by atoms with Crippen LogP contribution in [-0.4, -0.2) is 53.3 Å². The zero-order valence-electron chi connectivity index (χ0n) is 14.5. The molecule has 0 radical (unpaired) electrons. The minimum atomic E-state index is -0.102. The van der Waals surface area contributed by atoms with Gasteiger partial charge in [-0.05, 0) is 43.2 Å². The third-order valence-corrected chi connectivity index (χ3v) is 4.61. The van der Waals surface area contributed by atoms with Gasteiger partial charge in [0.05, 0.1) is 0 Å². The van der Waals surface area contributed by atoms with Gasteiger partial charge in [0.15, 0.2) is 0 Å². The monoisotopic (exact) mass is 338 g/mol. The Kier molecular flexibility index (Phi) is 4.97. The summed E-state index contributed by atoms with van der Waals surface area (Å²) < 4.78 is 0. The predicted molar refractivity (Wildman–Crippen MR) is 97.0 cm³/mol. The van der Waals surface area contributed by atoms with Gasteiger partial charge in [0.1, 0.15) is 5.69 Å². The van der Waals surface area contributed by atoms with E-state index in [-0.39, 0.29) is 5.91 Å². The molecule has 0 unspecified atom stereocenters. The molecule has 25 heavy (non-hydrogen) atoms. The first kappa shape index (κ1) is 17.0. The van der Waals surface area contributed by atoms with Crippen molar-refractivity contribution in [2.75, 3.05) is 31.5 Å². The number of amides is 2. The van der Waals surface area contributed by atoms with E-state index in [9.17, 15) is 9.59 Å². The summed E-state index contributed by atoms with van der Waals surface area (Å²) in [4.78, 5) is 31.1. The van der Waals surface area contributed by atoms with E-state index in [1.54, 1.807) is 22.1 Å². The number of carbonyl (C=O) groups excluding carboxylic acids is 2. The average Bonchev–Trinajstić information content (AvgIpc) is 2.65. The molecule has 2 heterocycles. The van der Waals surface area contributed by atoms with E-state index in [0.717, 1.165) is 17.8 Å². The van der Waals surface area contributed by atoms with Crippen LogP contribution in [0.2, 0.25) is 0 Å². The summed E-state index contributed by atoms with van der Waals surface area (Å²) in [6, 6.07) is 9.72. The highest BCUT2D eigenvalue weighted by Gasteiger charge is 2.22. The van der Waals surface area contributed by atoms with Crippen molar-refractivity contribution in [3.05, 3.63) is 53.3 Å². The number of anilines is 2. The van der Waals surface area contributed by atoms with Crippen molar-refractivity contribution >= 4 is 23.7 Å². The largest absolute Gasteiger partial charge is 0.355 e. The summed E-state index contributed by atoms with van der Waals surface area (Å²) >= 11 is 0. The molecule has 2 aromatic rings. The summed E-state index contributed by atoms with van der Waals surface area (Å²) in [5.41, 5.74) is 4.65. The number of aryl methyl sites for hydroxylation is 1. The maximum absolute atomic E-state index is 12.6. The zero-order chi connectivity index (χ0) is 17.8. The van der Waals surface area contributed by atoms with Crippen LogP contribution in [0, 0.1) is 13.8 Å². The van der Waals surface area contributed by atoms with Crippen LogP contribution in [0.3, 0.4) is 0 Å². The molecule has 1 N–H and O–H groups in total. The molecule has 1 saturated heterocycles. The third-order valence-electron chi connectivity index (χ3n) is 4.61. The first-order valence-electron chi connectivity index (χ1n) is 8.36. The van der Waals surface area contributed by atoms with Crippen molar-refractivity contribution in [1.82, 2.24) is 14.8 Å². The van der Waals surface area contributed by atoms with Gasteiger partial charge in [-0.15, -0.1) is 0 Å². The normalized spacial score (nSPS) is 14.3. The average molecular weight is 338 g/mol. The zero-order valence-corrected chi connectivity index (χ0v) is 14.5. The fourth-order valence-corrected chi connectivity index (χ4v) is 2.86. The molecule has 0 aliphatic carbocycles. The second kappa shape index (κ2) is 7.34. The molecule has 1 fully saturated rings. The fraction of sp³-hybridized carbons (Fsp3) is 0.316. The Balaban J connectivity index is 1.74. The second-order valence-corrected chi connectivity index (χ2v) is 6.24. The standard InChI is InChI=1S/C19H22N4O2/c1-14-4-3-5-17(15(14)2)21-16-6-7-20-18(12-16)19(25)23-10-8-22(13-24)9-11-23/h3-7,12-13H,8-11H2,1-2H3,(H,20,21). The molecule has 1 aromatic heterocycles. The molecule has 1 aromatic carbocycles. The lowest BCUT2D eigenvalue weighted by atomic mass is 10.1. The van der Waals surface area contributed by atoms with Gasteiger partial charge in [-0.25, -0.2) is 0 Å². The van der Waals surface area contributed by atoms with Crippen LogP contribution >= 0.6 is 0 Å². The number of hydrogen-bond acceptors (Lipinski definition) is 4. The third kappa shape index (κ3) is 3.79. The molecule has 6 heteroatoms. The molecule has 0 saturated carbocycles. The van der Waals surface area contributed by atoms with Crippen molar-refractivity contribution in [1.29, 1.82) is 0 Å². The molecule has 6 nitrogen and oxygen atoms in total. The lowest BCUT2D eigenvalue weighted by Gasteiger charge is -2.32. The number of rotatable bonds is 4. The molecular formula is C19H22N4O2. The molecule has 0 spiro atoms. The molecule has 1 aliphatic rings. The summed E-state index contributed by atoms with van der Waals surface area (Å²) in [5.74, 6) is -0.102. The van der Waals surface area contributed by atoms with Crippen LogP contribution in [-0.2, 0) is 4.79 Å². The highest BCUT2D eigenvalue weighted by molar-refractivity contribution is 5.93. The summed E-state index contributed by atoms with van der Waals surface area (Å²) in [6.07, 6.45) is 2.47. The van der Waals surface area contributed by atoms with Gasteiger partial charge >= 0.3 is 0 Å². The summed E-state index contributed by atoms with van der Waals surface area (Å²) in [6.45, 7) is 6.34. The minimum Gasteiger partial charge on any atom is -0.355 e. The lowest BCUT2D eigenvalue weighted by molar-refractivity contribution is -0.119. The number of nitrogens with one attached hydrogen (secondary N) is 1. The molecule has 130 valence electrons. The van der Waals surface area contributed by atoms with Gasteiger partial charge in [-0.2, -0.15) is 0 Å². The first-order chi connectivity index (χ1) is 12.1. The smallest absolute Gasteiger partial charge is 0.272 e. The number of aromatic nitrogens is 1. The van der Waals surface area contributed by atoms with Crippen LogP contribution in [0.15, 0.2) is 36.5 Å². The number of benzene rings is 1. The van der Waals surface area contributed by atoms with Gasteiger partial charge in [0.25, 0.3) is 5.91 Å². The topological polar surface area (TPSA) is 65.5 Å². The maximum atomic E-state index is 12.6. The van der Waals surface area contributed by atoms with Gasteiger partial charge in [-0.3, -0.25) is 14.6 Å². The Bertz CT molecular complexity index is 783. The quantitative estimate of drug-likeness (QED) is 0.869. The predicted octanol–water partition coefficient (Wildman–Crippen LogP) is 2.36. The number of piperazine rings is 1. The Hall–Kier alpha value is -2.89. The highest BCUT2D eigenvalue weighted by Crippen LogP contribution is 2.23. The Morgan fingerprint density at radius 1 is 1.16 bits per heavy atom. The molecule has 0 atom stereocenters.